The van der Waals surface area contributed by atoms with Gasteiger partial charge in [-0.05, 0) is 48.5 Å². The minimum atomic E-state index is -0.203. The molecule has 4 aromatic carbocycles. The van der Waals surface area contributed by atoms with Gasteiger partial charge in [-0.3, -0.25) is 4.79 Å². The fourth-order valence-corrected chi connectivity index (χ4v) is 4.46. The maximum absolute atomic E-state index is 13.6. The molecule has 6 aromatic rings. The van der Waals surface area contributed by atoms with Gasteiger partial charge >= 0.3 is 0 Å². The molecule has 0 aliphatic heterocycles. The summed E-state index contributed by atoms with van der Waals surface area (Å²) in [4.78, 5) is 26.5. The predicted octanol–water partition coefficient (Wildman–Crippen LogP) is 7.46. The molecule has 1 amide bonds. The summed E-state index contributed by atoms with van der Waals surface area (Å²) >= 11 is 3.48. The number of carbonyl (C=O) groups excluding carboxylic acids is 1. The van der Waals surface area contributed by atoms with Crippen molar-refractivity contribution in [3.8, 4) is 22.6 Å². The van der Waals surface area contributed by atoms with Crippen LogP contribution in [-0.2, 0) is 0 Å². The van der Waals surface area contributed by atoms with Crippen LogP contribution in [0.15, 0.2) is 108 Å². The lowest BCUT2D eigenvalue weighted by Crippen LogP contribution is -2.14. The van der Waals surface area contributed by atoms with E-state index in [0.29, 0.717) is 17.1 Å². The molecule has 0 aliphatic carbocycles. The van der Waals surface area contributed by atoms with E-state index >= 15 is 0 Å². The van der Waals surface area contributed by atoms with Gasteiger partial charge in [0.25, 0.3) is 5.91 Å². The highest BCUT2D eigenvalue weighted by Crippen LogP contribution is 2.30. The fraction of sp³-hybridized carbons (Fsp3) is 0. The van der Waals surface area contributed by atoms with Crippen molar-refractivity contribution in [3.05, 3.63) is 113 Å². The number of H-pyrrole nitrogens is 1. The number of halogens is 1. The van der Waals surface area contributed by atoms with Crippen LogP contribution in [-0.4, -0.2) is 20.9 Å². The summed E-state index contributed by atoms with van der Waals surface area (Å²) in [6.45, 7) is 0. The third kappa shape index (κ3) is 4.09. The second-order valence-corrected chi connectivity index (χ2v) is 9.10. The lowest BCUT2D eigenvalue weighted by molar-refractivity contribution is 0.102. The summed E-state index contributed by atoms with van der Waals surface area (Å²) in [6, 6.07) is 33.0. The summed E-state index contributed by atoms with van der Waals surface area (Å²) in [5, 5.41) is 3.91. The third-order valence-electron chi connectivity index (χ3n) is 5.92. The quantitative estimate of drug-likeness (QED) is 0.254. The Balaban J connectivity index is 1.42. The molecule has 0 radical (unpaired) electrons. The highest BCUT2D eigenvalue weighted by atomic mass is 79.9. The average molecular weight is 519 g/mol. The minimum Gasteiger partial charge on any atom is -0.338 e. The number of aromatic amines is 1. The number of hydrogen-bond acceptors (Lipinski definition) is 3. The van der Waals surface area contributed by atoms with E-state index in [4.69, 9.17) is 9.97 Å². The fourth-order valence-electron chi connectivity index (χ4n) is 4.20. The monoisotopic (exact) mass is 518 g/mol. The number of rotatable bonds is 4. The van der Waals surface area contributed by atoms with Crippen LogP contribution in [0.25, 0.3) is 44.6 Å². The van der Waals surface area contributed by atoms with Crippen molar-refractivity contribution < 1.29 is 4.79 Å². The molecule has 0 unspecified atom stereocenters. The molecule has 0 spiro atoms. The van der Waals surface area contributed by atoms with Crippen LogP contribution in [0.2, 0.25) is 0 Å². The SMILES string of the molecule is O=C(Nc1ccccc1-c1nc2ccccc2[nH]1)c1cc(-c2ccc(Br)cc2)nc2ccccc12. The molecule has 0 aliphatic rings. The van der Waals surface area contributed by atoms with E-state index in [2.05, 4.69) is 26.2 Å². The van der Waals surface area contributed by atoms with Crippen molar-refractivity contribution in [2.75, 3.05) is 5.32 Å². The van der Waals surface area contributed by atoms with E-state index in [1.807, 2.05) is 103 Å². The molecule has 0 fully saturated rings. The van der Waals surface area contributed by atoms with Crippen molar-refractivity contribution in [2.45, 2.75) is 0 Å². The molecule has 2 N–H and O–H groups in total. The van der Waals surface area contributed by atoms with Gasteiger partial charge in [0.05, 0.1) is 33.5 Å². The van der Waals surface area contributed by atoms with Crippen molar-refractivity contribution in [1.82, 2.24) is 15.0 Å². The van der Waals surface area contributed by atoms with Crippen LogP contribution in [0.3, 0.4) is 0 Å². The van der Waals surface area contributed by atoms with Crippen LogP contribution in [0.1, 0.15) is 10.4 Å². The van der Waals surface area contributed by atoms with Gasteiger partial charge in [0, 0.05) is 21.0 Å². The van der Waals surface area contributed by atoms with Crippen molar-refractivity contribution in [3.63, 3.8) is 0 Å². The molecule has 6 rings (SSSR count). The molecule has 6 heteroatoms. The van der Waals surface area contributed by atoms with Gasteiger partial charge in [0.15, 0.2) is 0 Å². The molecule has 0 bridgehead atoms. The second kappa shape index (κ2) is 8.81. The first-order valence-electron chi connectivity index (χ1n) is 11.2. The van der Waals surface area contributed by atoms with Crippen molar-refractivity contribution in [1.29, 1.82) is 0 Å². The van der Waals surface area contributed by atoms with E-state index in [1.165, 1.54) is 0 Å². The summed E-state index contributed by atoms with van der Waals surface area (Å²) in [6.07, 6.45) is 0. The summed E-state index contributed by atoms with van der Waals surface area (Å²) < 4.78 is 0.988. The summed E-state index contributed by atoms with van der Waals surface area (Å²) in [5.41, 5.74) is 6.34. The number of imidazole rings is 1. The topological polar surface area (TPSA) is 70.7 Å². The predicted molar refractivity (Wildman–Crippen MR) is 144 cm³/mol. The van der Waals surface area contributed by atoms with Gasteiger partial charge < -0.3 is 10.3 Å². The van der Waals surface area contributed by atoms with Crippen LogP contribution in [0.4, 0.5) is 5.69 Å². The lowest BCUT2D eigenvalue weighted by Gasteiger charge is -2.13. The number of amides is 1. The molecule has 2 aromatic heterocycles. The largest absolute Gasteiger partial charge is 0.338 e. The van der Waals surface area contributed by atoms with Gasteiger partial charge in [-0.25, -0.2) is 9.97 Å². The number of para-hydroxylation sites is 4. The Labute approximate surface area is 210 Å². The molecular weight excluding hydrogens is 500 g/mol. The second-order valence-electron chi connectivity index (χ2n) is 8.18. The average Bonchev–Trinajstić information content (AvgIpc) is 3.33. The summed E-state index contributed by atoms with van der Waals surface area (Å²) in [7, 11) is 0. The van der Waals surface area contributed by atoms with Gasteiger partial charge in [0.1, 0.15) is 5.82 Å². The molecule has 2 heterocycles. The Morgan fingerprint density at radius 3 is 2.31 bits per heavy atom. The number of hydrogen-bond donors (Lipinski definition) is 2. The number of benzene rings is 4. The minimum absolute atomic E-state index is 0.203. The number of nitrogens with one attached hydrogen (secondary N) is 2. The van der Waals surface area contributed by atoms with Gasteiger partial charge in [-0.2, -0.15) is 0 Å². The smallest absolute Gasteiger partial charge is 0.256 e. The van der Waals surface area contributed by atoms with Gasteiger partial charge in [-0.1, -0.05) is 70.5 Å². The number of carbonyl (C=O) groups is 1. The summed E-state index contributed by atoms with van der Waals surface area (Å²) in [5.74, 6) is 0.503. The molecule has 35 heavy (non-hydrogen) atoms. The molecule has 5 nitrogen and oxygen atoms in total. The molecular formula is C29H19BrN4O. The van der Waals surface area contributed by atoms with Crippen molar-refractivity contribution >= 4 is 49.5 Å². The number of nitrogens with zero attached hydrogens (tertiary/aromatic N) is 2. The zero-order chi connectivity index (χ0) is 23.8. The maximum Gasteiger partial charge on any atom is 0.256 e. The molecule has 0 saturated heterocycles. The van der Waals surface area contributed by atoms with E-state index < -0.39 is 0 Å². The number of pyridine rings is 1. The first-order chi connectivity index (χ1) is 17.2. The Kier molecular flexibility index (Phi) is 5.35. The lowest BCUT2D eigenvalue weighted by atomic mass is 10.0. The first kappa shape index (κ1) is 21.3. The molecule has 168 valence electrons. The zero-order valence-electron chi connectivity index (χ0n) is 18.5. The Morgan fingerprint density at radius 2 is 1.49 bits per heavy atom. The standard InChI is InChI=1S/C29H19BrN4O/c30-19-15-13-18(14-16-19)27-17-22(20-7-1-3-9-23(20)31-27)29(35)34-24-10-4-2-8-21(24)28-32-25-11-5-6-12-26(25)33-28/h1-17H,(H,32,33)(H,34,35). The van der Waals surface area contributed by atoms with E-state index in [0.717, 1.165) is 43.2 Å². The van der Waals surface area contributed by atoms with Crippen LogP contribution < -0.4 is 5.32 Å². The Hall–Kier alpha value is -4.29. The molecule has 0 atom stereocenters. The van der Waals surface area contributed by atoms with Crippen LogP contribution in [0, 0.1) is 0 Å². The number of fused-ring (bicyclic) bond motifs is 2. The Morgan fingerprint density at radius 1 is 0.771 bits per heavy atom. The maximum atomic E-state index is 13.6. The molecule has 0 saturated carbocycles. The number of aromatic nitrogens is 3. The van der Waals surface area contributed by atoms with Crippen LogP contribution >= 0.6 is 15.9 Å². The first-order valence-corrected chi connectivity index (χ1v) is 12.0. The number of anilines is 1. The van der Waals surface area contributed by atoms with E-state index in [1.54, 1.807) is 0 Å². The highest BCUT2D eigenvalue weighted by molar-refractivity contribution is 9.10. The Bertz CT molecular complexity index is 1670. The van der Waals surface area contributed by atoms with E-state index in [9.17, 15) is 4.79 Å². The van der Waals surface area contributed by atoms with E-state index in [-0.39, 0.29) is 5.91 Å². The normalized spacial score (nSPS) is 11.1. The van der Waals surface area contributed by atoms with Crippen molar-refractivity contribution in [2.24, 2.45) is 0 Å². The third-order valence-corrected chi connectivity index (χ3v) is 6.45. The van der Waals surface area contributed by atoms with Crippen LogP contribution in [0.5, 0.6) is 0 Å². The zero-order valence-corrected chi connectivity index (χ0v) is 20.1. The van der Waals surface area contributed by atoms with Gasteiger partial charge in [-0.15, -0.1) is 0 Å². The highest BCUT2D eigenvalue weighted by Gasteiger charge is 2.17. The van der Waals surface area contributed by atoms with Gasteiger partial charge in [0.2, 0.25) is 0 Å².